The number of piperidine rings is 1. The number of hydrogen-bond donors (Lipinski definition) is 0. The molecule has 2 heterocycles. The van der Waals surface area contributed by atoms with Crippen molar-refractivity contribution in [3.8, 4) is 11.5 Å². The average molecular weight is 587 g/mol. The quantitative estimate of drug-likeness (QED) is 0.182. The largest absolute Gasteiger partial charge is 0.483 e. The first kappa shape index (κ1) is 29.9. The van der Waals surface area contributed by atoms with E-state index in [0.717, 1.165) is 57.9 Å². The molecule has 43 heavy (non-hydrogen) atoms. The molecular weight excluding hydrogens is 540 g/mol. The Balaban J connectivity index is 1.14. The van der Waals surface area contributed by atoms with Crippen LogP contribution in [0.4, 0.5) is 0 Å². The molecule has 2 aliphatic heterocycles. The summed E-state index contributed by atoms with van der Waals surface area (Å²) in [6, 6.07) is 14.8. The fourth-order valence-electron chi connectivity index (χ4n) is 8.84. The third kappa shape index (κ3) is 5.61. The number of rotatable bonds is 12. The summed E-state index contributed by atoms with van der Waals surface area (Å²) in [6.45, 7) is 4.40. The van der Waals surface area contributed by atoms with E-state index in [4.69, 9.17) is 9.47 Å². The van der Waals surface area contributed by atoms with Gasteiger partial charge < -0.3 is 14.4 Å². The standard InChI is InChI=1S/C36H46N2O5/c1-24(39)23-38-21-20-36-28-17-18-29(37(3)32(41)15-11-6-4-5-8-12-26-13-9-7-10-14-26)35(36)43-34-31(42-25(2)40)19-16-27(33(34)36)22-30(28)38/h7,9-10,13-14,16,19,28-30,35H,4-6,8,11-12,15,17-18,20-23H2,1-3H3/t28-,29-,30+,35-,36-/m0/s1. The molecule has 2 bridgehead atoms. The van der Waals surface area contributed by atoms with Gasteiger partial charge in [-0.2, -0.15) is 0 Å². The molecule has 230 valence electrons. The molecule has 0 N–H and O–H groups in total. The van der Waals surface area contributed by atoms with Crippen molar-refractivity contribution in [1.82, 2.24) is 9.80 Å². The van der Waals surface area contributed by atoms with Gasteiger partial charge in [-0.1, -0.05) is 55.7 Å². The van der Waals surface area contributed by atoms with Gasteiger partial charge in [0.15, 0.2) is 11.5 Å². The number of amides is 1. The molecule has 6 rings (SSSR count). The van der Waals surface area contributed by atoms with E-state index in [1.807, 2.05) is 18.0 Å². The number of likely N-dealkylation sites (N-methyl/N-ethyl adjacent to an activating group) is 1. The van der Waals surface area contributed by atoms with Gasteiger partial charge in [0.25, 0.3) is 0 Å². The van der Waals surface area contributed by atoms with E-state index < -0.39 is 0 Å². The van der Waals surface area contributed by atoms with Gasteiger partial charge in [0.2, 0.25) is 5.91 Å². The fourth-order valence-corrected chi connectivity index (χ4v) is 8.84. The van der Waals surface area contributed by atoms with Gasteiger partial charge in [0, 0.05) is 37.4 Å². The van der Waals surface area contributed by atoms with Crippen LogP contribution in [0.2, 0.25) is 0 Å². The van der Waals surface area contributed by atoms with Crippen LogP contribution < -0.4 is 9.47 Å². The number of nitrogens with zero attached hydrogens (tertiary/aromatic N) is 2. The summed E-state index contributed by atoms with van der Waals surface area (Å²) in [5.74, 6) is 1.54. The Labute approximate surface area is 255 Å². The van der Waals surface area contributed by atoms with Gasteiger partial charge in [0.05, 0.1) is 12.6 Å². The molecule has 2 aromatic carbocycles. The van der Waals surface area contributed by atoms with Crippen LogP contribution in [0.5, 0.6) is 11.5 Å². The van der Waals surface area contributed by atoms with E-state index in [9.17, 15) is 14.4 Å². The lowest BCUT2D eigenvalue weighted by atomic mass is 9.51. The number of aryl methyl sites for hydroxylation is 1. The Morgan fingerprint density at radius 2 is 1.77 bits per heavy atom. The number of ether oxygens (including phenoxy) is 2. The van der Waals surface area contributed by atoms with Crippen LogP contribution in [0.25, 0.3) is 0 Å². The molecule has 4 aliphatic rings. The molecule has 1 amide bonds. The van der Waals surface area contributed by atoms with Crippen molar-refractivity contribution >= 4 is 17.7 Å². The van der Waals surface area contributed by atoms with Crippen molar-refractivity contribution in [1.29, 1.82) is 0 Å². The van der Waals surface area contributed by atoms with Crippen molar-refractivity contribution in [2.24, 2.45) is 5.92 Å². The second-order valence-electron chi connectivity index (χ2n) is 13.3. The summed E-state index contributed by atoms with van der Waals surface area (Å²) in [5, 5.41) is 0. The van der Waals surface area contributed by atoms with Crippen LogP contribution in [0, 0.1) is 5.92 Å². The summed E-state index contributed by atoms with van der Waals surface area (Å²) in [5.41, 5.74) is 3.57. The number of hydrogen-bond acceptors (Lipinski definition) is 6. The first-order valence-electron chi connectivity index (χ1n) is 16.3. The molecule has 2 aromatic rings. The highest BCUT2D eigenvalue weighted by molar-refractivity contribution is 5.78. The maximum atomic E-state index is 13.6. The molecule has 7 nitrogen and oxygen atoms in total. The minimum atomic E-state index is -0.363. The van der Waals surface area contributed by atoms with E-state index >= 15 is 0 Å². The highest BCUT2D eigenvalue weighted by atomic mass is 16.6. The van der Waals surface area contributed by atoms with Crippen LogP contribution in [0.3, 0.4) is 0 Å². The molecule has 5 atom stereocenters. The monoisotopic (exact) mass is 586 g/mol. The van der Waals surface area contributed by atoms with Gasteiger partial charge in [-0.25, -0.2) is 0 Å². The number of benzene rings is 2. The topological polar surface area (TPSA) is 76.2 Å². The van der Waals surface area contributed by atoms with E-state index in [1.165, 1.54) is 36.5 Å². The van der Waals surface area contributed by atoms with E-state index in [2.05, 4.69) is 41.3 Å². The highest BCUT2D eigenvalue weighted by Crippen LogP contribution is 2.64. The molecular formula is C36H46N2O5. The fraction of sp³-hybridized carbons (Fsp3) is 0.583. The zero-order chi connectivity index (χ0) is 30.1. The van der Waals surface area contributed by atoms with Gasteiger partial charge in [-0.05, 0) is 81.5 Å². The SMILES string of the molecule is CC(=O)CN1CC[C@]23c4c5ccc(OC(C)=O)c4O[C@H]2[C@@H](N(C)C(=O)CCCCCCCc2ccccc2)CC[C@H]3[C@H]1C5. The van der Waals surface area contributed by atoms with Gasteiger partial charge in [-0.15, -0.1) is 0 Å². The molecule has 1 saturated carbocycles. The summed E-state index contributed by atoms with van der Waals surface area (Å²) in [7, 11) is 1.95. The van der Waals surface area contributed by atoms with Crippen molar-refractivity contribution < 1.29 is 23.9 Å². The number of ketones is 1. The Hall–Kier alpha value is -3.19. The van der Waals surface area contributed by atoms with Crippen molar-refractivity contribution in [2.75, 3.05) is 20.1 Å². The van der Waals surface area contributed by atoms with E-state index in [1.54, 1.807) is 6.92 Å². The highest BCUT2D eigenvalue weighted by Gasteiger charge is 2.66. The molecule has 0 unspecified atom stereocenters. The van der Waals surface area contributed by atoms with Crippen LogP contribution in [0.15, 0.2) is 42.5 Å². The normalized spacial score (nSPS) is 26.8. The van der Waals surface area contributed by atoms with Crippen LogP contribution in [-0.4, -0.2) is 65.8 Å². The van der Waals surface area contributed by atoms with E-state index in [0.29, 0.717) is 30.4 Å². The minimum Gasteiger partial charge on any atom is -0.483 e. The maximum Gasteiger partial charge on any atom is 0.308 e. The number of carbonyl (C=O) groups is 3. The first-order chi connectivity index (χ1) is 20.8. The number of Topliss-reactive ketones (excluding diaryl/α,β-unsaturated/α-hetero) is 1. The molecule has 2 aliphatic carbocycles. The number of esters is 1. The molecule has 0 radical (unpaired) electrons. The average Bonchev–Trinajstić information content (AvgIpc) is 3.34. The van der Waals surface area contributed by atoms with Gasteiger partial charge >= 0.3 is 5.97 Å². The zero-order valence-corrected chi connectivity index (χ0v) is 26.0. The number of unbranched alkanes of at least 4 members (excludes halogenated alkanes) is 4. The second kappa shape index (κ2) is 12.4. The molecule has 2 fully saturated rings. The predicted molar refractivity (Wildman–Crippen MR) is 165 cm³/mol. The first-order valence-corrected chi connectivity index (χ1v) is 16.3. The number of carbonyl (C=O) groups excluding carboxylic acids is 3. The Kier molecular flexibility index (Phi) is 8.63. The Bertz CT molecular complexity index is 1360. The predicted octanol–water partition coefficient (Wildman–Crippen LogP) is 5.65. The molecule has 7 heteroatoms. The van der Waals surface area contributed by atoms with Gasteiger partial charge in [-0.3, -0.25) is 19.3 Å². The molecule has 0 aromatic heterocycles. The van der Waals surface area contributed by atoms with E-state index in [-0.39, 0.29) is 41.3 Å². The Morgan fingerprint density at radius 1 is 1.00 bits per heavy atom. The lowest BCUT2D eigenvalue weighted by Crippen LogP contribution is -2.69. The maximum absolute atomic E-state index is 13.6. The summed E-state index contributed by atoms with van der Waals surface area (Å²) in [4.78, 5) is 42.1. The summed E-state index contributed by atoms with van der Waals surface area (Å²) in [6.07, 6.45) is 10.6. The third-order valence-corrected chi connectivity index (χ3v) is 10.7. The summed E-state index contributed by atoms with van der Waals surface area (Å²) >= 11 is 0. The molecule has 1 spiro atoms. The van der Waals surface area contributed by atoms with Crippen molar-refractivity contribution in [3.63, 3.8) is 0 Å². The second-order valence-corrected chi connectivity index (χ2v) is 13.3. The van der Waals surface area contributed by atoms with Crippen LogP contribution in [-0.2, 0) is 32.6 Å². The molecule has 1 saturated heterocycles. The minimum absolute atomic E-state index is 0.0434. The third-order valence-electron chi connectivity index (χ3n) is 10.7. The Morgan fingerprint density at radius 3 is 2.53 bits per heavy atom. The lowest BCUT2D eigenvalue weighted by molar-refractivity contribution is -0.141. The van der Waals surface area contributed by atoms with Gasteiger partial charge in [0.1, 0.15) is 11.9 Å². The lowest BCUT2D eigenvalue weighted by Gasteiger charge is -2.60. The van der Waals surface area contributed by atoms with Crippen molar-refractivity contribution in [2.45, 2.75) is 108 Å². The van der Waals surface area contributed by atoms with Crippen LogP contribution >= 0.6 is 0 Å². The number of likely N-dealkylation sites (tertiary alicyclic amines) is 1. The smallest absolute Gasteiger partial charge is 0.308 e. The van der Waals surface area contributed by atoms with Crippen LogP contribution in [0.1, 0.15) is 88.3 Å². The van der Waals surface area contributed by atoms with Crippen molar-refractivity contribution in [3.05, 3.63) is 59.2 Å². The summed E-state index contributed by atoms with van der Waals surface area (Å²) < 4.78 is 12.5. The zero-order valence-electron chi connectivity index (χ0n) is 26.0.